The highest BCUT2D eigenvalue weighted by Crippen LogP contribution is 2.24. The number of aromatic nitrogens is 8. The van der Waals surface area contributed by atoms with Gasteiger partial charge >= 0.3 is 0 Å². The molecule has 0 fully saturated rings. The summed E-state index contributed by atoms with van der Waals surface area (Å²) < 4.78 is 1.87. The second-order valence-corrected chi connectivity index (χ2v) is 8.65. The highest BCUT2D eigenvalue weighted by Gasteiger charge is 2.13. The van der Waals surface area contributed by atoms with Crippen LogP contribution in [0.5, 0.6) is 0 Å². The minimum absolute atomic E-state index is 0.110. The number of hydrogen-bond donors (Lipinski definition) is 2. The van der Waals surface area contributed by atoms with E-state index in [-0.39, 0.29) is 5.78 Å². The van der Waals surface area contributed by atoms with Gasteiger partial charge in [-0.2, -0.15) is 5.10 Å². The lowest BCUT2D eigenvalue weighted by Crippen LogP contribution is -2.06. The number of Topliss-reactive ketones (excluding diaryl/α,β-unsaturated/α-hetero) is 1. The zero-order valence-electron chi connectivity index (χ0n) is 19.5. The predicted octanol–water partition coefficient (Wildman–Crippen LogP) is 4.26. The second-order valence-electron chi connectivity index (χ2n) is 8.65. The summed E-state index contributed by atoms with van der Waals surface area (Å²) in [5.74, 6) is 1.58. The van der Waals surface area contributed by atoms with Crippen molar-refractivity contribution in [3.8, 4) is 28.5 Å². The molecule has 0 aliphatic rings. The predicted molar refractivity (Wildman–Crippen MR) is 135 cm³/mol. The molecule has 6 rings (SSSR count). The maximum atomic E-state index is 12.7. The Morgan fingerprint density at radius 2 is 1.89 bits per heavy atom. The van der Waals surface area contributed by atoms with Crippen LogP contribution in [0.1, 0.15) is 17.0 Å². The first-order valence-corrected chi connectivity index (χ1v) is 11.5. The lowest BCUT2D eigenvalue weighted by atomic mass is 10.0. The molecule has 0 aliphatic carbocycles. The topological polar surface area (TPSA) is 118 Å². The number of carbonyl (C=O) groups excluding carboxylic acids is 1. The van der Waals surface area contributed by atoms with Gasteiger partial charge in [-0.15, -0.1) is 0 Å². The summed E-state index contributed by atoms with van der Waals surface area (Å²) in [6, 6.07) is 15.5. The summed E-state index contributed by atoms with van der Waals surface area (Å²) in [6.45, 7) is 1.94. The highest BCUT2D eigenvalue weighted by molar-refractivity contribution is 5.85. The maximum Gasteiger partial charge on any atom is 0.166 e. The van der Waals surface area contributed by atoms with Crippen molar-refractivity contribution in [3.05, 3.63) is 96.6 Å². The van der Waals surface area contributed by atoms with Crippen LogP contribution in [-0.4, -0.2) is 45.5 Å². The van der Waals surface area contributed by atoms with Crippen LogP contribution in [0.4, 0.5) is 0 Å². The summed E-state index contributed by atoms with van der Waals surface area (Å²) in [5, 5.41) is 7.26. The molecule has 176 valence electrons. The number of nitrogens with zero attached hydrogens (tertiary/aromatic N) is 6. The Labute approximate surface area is 206 Å². The number of carbonyl (C=O) groups is 1. The van der Waals surface area contributed by atoms with E-state index in [9.17, 15) is 4.79 Å². The molecule has 0 unspecified atom stereocenters. The highest BCUT2D eigenvalue weighted by atomic mass is 16.1. The Hall–Kier alpha value is -4.92. The van der Waals surface area contributed by atoms with Gasteiger partial charge in [0.2, 0.25) is 0 Å². The molecule has 0 bridgehead atoms. The van der Waals surface area contributed by atoms with Crippen molar-refractivity contribution in [2.45, 2.75) is 19.8 Å². The summed E-state index contributed by atoms with van der Waals surface area (Å²) in [5.41, 5.74) is 6.94. The molecule has 2 N–H and O–H groups in total. The van der Waals surface area contributed by atoms with Crippen molar-refractivity contribution in [3.63, 3.8) is 0 Å². The van der Waals surface area contributed by atoms with Crippen molar-refractivity contribution in [1.29, 1.82) is 0 Å². The maximum absolute atomic E-state index is 12.7. The molecule has 0 saturated carbocycles. The van der Waals surface area contributed by atoms with Gasteiger partial charge in [-0.05, 0) is 36.8 Å². The van der Waals surface area contributed by atoms with Crippen LogP contribution in [0.15, 0.2) is 79.6 Å². The smallest absolute Gasteiger partial charge is 0.166 e. The Bertz CT molecular complexity index is 1660. The first kappa shape index (κ1) is 21.6. The molecule has 0 amide bonds. The second kappa shape index (κ2) is 9.03. The molecule has 5 aromatic heterocycles. The zero-order valence-corrected chi connectivity index (χ0v) is 19.5. The van der Waals surface area contributed by atoms with Crippen molar-refractivity contribution in [2.24, 2.45) is 0 Å². The van der Waals surface area contributed by atoms with Crippen molar-refractivity contribution >= 4 is 16.8 Å². The van der Waals surface area contributed by atoms with Gasteiger partial charge in [-0.3, -0.25) is 19.4 Å². The van der Waals surface area contributed by atoms with E-state index in [0.717, 1.165) is 56.4 Å². The molecule has 0 atom stereocenters. The third-order valence-electron chi connectivity index (χ3n) is 5.94. The van der Waals surface area contributed by atoms with E-state index < -0.39 is 0 Å². The minimum Gasteiger partial charge on any atom is -0.338 e. The average molecular weight is 475 g/mol. The van der Waals surface area contributed by atoms with E-state index in [2.05, 4.69) is 30.1 Å². The molecule has 5 heterocycles. The van der Waals surface area contributed by atoms with Crippen LogP contribution in [0.3, 0.4) is 0 Å². The fourth-order valence-corrected chi connectivity index (χ4v) is 4.18. The van der Waals surface area contributed by atoms with Crippen LogP contribution < -0.4 is 0 Å². The van der Waals surface area contributed by atoms with Crippen LogP contribution in [0.2, 0.25) is 0 Å². The van der Waals surface area contributed by atoms with E-state index in [4.69, 9.17) is 4.98 Å². The van der Waals surface area contributed by atoms with Crippen molar-refractivity contribution < 1.29 is 4.79 Å². The molecule has 0 saturated heterocycles. The van der Waals surface area contributed by atoms with E-state index >= 15 is 0 Å². The number of H-pyrrole nitrogens is 2. The van der Waals surface area contributed by atoms with Gasteiger partial charge in [0.1, 0.15) is 23.5 Å². The van der Waals surface area contributed by atoms with E-state index in [1.54, 1.807) is 24.9 Å². The molecule has 9 heteroatoms. The number of rotatable bonds is 7. The number of fused-ring (bicyclic) bond motifs is 1. The lowest BCUT2D eigenvalue weighted by Gasteiger charge is -2.02. The monoisotopic (exact) mass is 474 g/mol. The fourth-order valence-electron chi connectivity index (χ4n) is 4.18. The van der Waals surface area contributed by atoms with Crippen LogP contribution in [-0.2, 0) is 17.6 Å². The largest absolute Gasteiger partial charge is 0.338 e. The number of aryl methyl sites for hydroxylation is 1. The number of pyridine rings is 2. The zero-order chi connectivity index (χ0) is 24.5. The number of ketones is 1. The number of aromatic amines is 2. The third kappa shape index (κ3) is 4.29. The first-order chi connectivity index (χ1) is 17.6. The minimum atomic E-state index is 0.110. The van der Waals surface area contributed by atoms with Crippen molar-refractivity contribution in [1.82, 2.24) is 39.7 Å². The summed E-state index contributed by atoms with van der Waals surface area (Å²) >= 11 is 0. The molecular formula is C27H22N8O. The molecule has 1 aromatic carbocycles. The molecule has 0 aliphatic heterocycles. The molecule has 36 heavy (non-hydrogen) atoms. The van der Waals surface area contributed by atoms with E-state index in [0.29, 0.717) is 12.8 Å². The SMILES string of the molecule is Cc1cn(-c2nccc3[nH]c(-c4ccc(CC(=O)Cc5cc(-c6cccnc6)n[nH]5)cc4)nc23)cn1. The third-order valence-corrected chi connectivity index (χ3v) is 5.94. The molecule has 0 spiro atoms. The summed E-state index contributed by atoms with van der Waals surface area (Å²) in [4.78, 5) is 33.7. The number of benzene rings is 1. The molecular weight excluding hydrogens is 452 g/mol. The number of hydrogen-bond acceptors (Lipinski definition) is 6. The summed E-state index contributed by atoms with van der Waals surface area (Å²) in [6.07, 6.45) is 9.52. The molecule has 6 aromatic rings. The normalized spacial score (nSPS) is 11.2. The van der Waals surface area contributed by atoms with E-state index in [1.165, 1.54) is 0 Å². The van der Waals surface area contributed by atoms with Gasteiger partial charge in [0.15, 0.2) is 5.82 Å². The van der Waals surface area contributed by atoms with Gasteiger partial charge < -0.3 is 4.98 Å². The number of imidazole rings is 2. The van der Waals surface area contributed by atoms with Gasteiger partial charge in [0.05, 0.1) is 16.9 Å². The number of nitrogens with one attached hydrogen (secondary N) is 2. The first-order valence-electron chi connectivity index (χ1n) is 11.5. The van der Waals surface area contributed by atoms with Gasteiger partial charge in [0, 0.05) is 54.4 Å². The van der Waals surface area contributed by atoms with Crippen molar-refractivity contribution in [2.75, 3.05) is 0 Å². The Morgan fingerprint density at radius 1 is 1.00 bits per heavy atom. The standard InChI is InChI=1S/C27H22N8O/c1-17-15-35(16-30-17)27-25-23(8-10-29-27)31-26(32-25)19-6-4-18(5-7-19)11-22(36)12-21-13-24(34-33-21)20-3-2-9-28-14-20/h2-10,13-16H,11-12H2,1H3,(H,31,32)(H,33,34). The lowest BCUT2D eigenvalue weighted by molar-refractivity contribution is -0.117. The average Bonchev–Trinajstić information content (AvgIpc) is 3.64. The van der Waals surface area contributed by atoms with Crippen LogP contribution in [0, 0.1) is 6.92 Å². The van der Waals surface area contributed by atoms with E-state index in [1.807, 2.05) is 66.2 Å². The Kier molecular flexibility index (Phi) is 5.42. The van der Waals surface area contributed by atoms with Gasteiger partial charge in [-0.1, -0.05) is 24.3 Å². The van der Waals surface area contributed by atoms with Gasteiger partial charge in [0.25, 0.3) is 0 Å². The molecule has 0 radical (unpaired) electrons. The molecule has 9 nitrogen and oxygen atoms in total. The fraction of sp³-hybridized carbons (Fsp3) is 0.111. The Morgan fingerprint density at radius 3 is 2.67 bits per heavy atom. The summed E-state index contributed by atoms with van der Waals surface area (Å²) in [7, 11) is 0. The van der Waals surface area contributed by atoms with Crippen LogP contribution in [0.25, 0.3) is 39.5 Å². The van der Waals surface area contributed by atoms with Gasteiger partial charge in [-0.25, -0.2) is 15.0 Å². The Balaban J connectivity index is 1.16. The quantitative estimate of drug-likeness (QED) is 0.357. The van der Waals surface area contributed by atoms with Crippen LogP contribution >= 0.6 is 0 Å².